The molecule has 0 rings (SSSR count). The monoisotopic (exact) mass is 998 g/mol. The van der Waals surface area contributed by atoms with Gasteiger partial charge in [-0.15, -0.1) is 0 Å². The van der Waals surface area contributed by atoms with Crippen molar-refractivity contribution in [2.45, 2.75) is 245 Å². The van der Waals surface area contributed by atoms with Crippen LogP contribution < -0.4 is 5.73 Å². The third-order valence-corrected chi connectivity index (χ3v) is 12.7. The number of nitrogens with two attached hydrogens (primary N) is 1. The maximum atomic E-state index is 12.7. The van der Waals surface area contributed by atoms with E-state index in [-0.39, 0.29) is 32.6 Å². The van der Waals surface area contributed by atoms with Crippen LogP contribution in [0.5, 0.6) is 0 Å². The zero-order valence-corrected chi connectivity index (χ0v) is 45.6. The van der Waals surface area contributed by atoms with Crippen molar-refractivity contribution in [1.29, 1.82) is 0 Å². The maximum Gasteiger partial charge on any atom is 0.472 e. The van der Waals surface area contributed by atoms with Gasteiger partial charge in [-0.3, -0.25) is 18.6 Å². The van der Waals surface area contributed by atoms with E-state index in [0.717, 1.165) is 83.5 Å². The minimum absolute atomic E-state index is 0.0421. The number of hydrogen-bond acceptors (Lipinski definition) is 8. The van der Waals surface area contributed by atoms with Gasteiger partial charge in [-0.05, 0) is 77.0 Å². The van der Waals surface area contributed by atoms with Crippen molar-refractivity contribution in [3.05, 3.63) is 97.2 Å². The first kappa shape index (κ1) is 66.9. The van der Waals surface area contributed by atoms with Crippen LogP contribution in [0.15, 0.2) is 97.2 Å². The van der Waals surface area contributed by atoms with Crippen molar-refractivity contribution >= 4 is 19.8 Å². The first-order valence-electron chi connectivity index (χ1n) is 28.2. The normalized spacial score (nSPS) is 13.8. The van der Waals surface area contributed by atoms with Crippen LogP contribution in [0.4, 0.5) is 0 Å². The van der Waals surface area contributed by atoms with Crippen LogP contribution in [0.25, 0.3) is 0 Å². The van der Waals surface area contributed by atoms with E-state index in [1.165, 1.54) is 122 Å². The number of ether oxygens (including phenoxy) is 2. The molecule has 70 heavy (non-hydrogen) atoms. The highest BCUT2D eigenvalue weighted by atomic mass is 31.2. The van der Waals surface area contributed by atoms with Crippen LogP contribution in [0.1, 0.15) is 239 Å². The summed E-state index contributed by atoms with van der Waals surface area (Å²) in [6.45, 7) is 3.59. The number of phosphoric acid groups is 1. The van der Waals surface area contributed by atoms with Crippen molar-refractivity contribution < 1.29 is 37.6 Å². The van der Waals surface area contributed by atoms with E-state index in [9.17, 15) is 19.0 Å². The Morgan fingerprint density at radius 3 is 1.17 bits per heavy atom. The molecule has 9 nitrogen and oxygen atoms in total. The molecule has 0 saturated carbocycles. The maximum absolute atomic E-state index is 12.7. The fraction of sp³-hybridized carbons (Fsp3) is 0.700. The first-order valence-corrected chi connectivity index (χ1v) is 29.7. The van der Waals surface area contributed by atoms with E-state index < -0.39 is 32.5 Å². The van der Waals surface area contributed by atoms with Crippen molar-refractivity contribution in [1.82, 2.24) is 0 Å². The predicted octanol–water partition coefficient (Wildman–Crippen LogP) is 17.7. The summed E-state index contributed by atoms with van der Waals surface area (Å²) in [7, 11) is -4.40. The molecule has 402 valence electrons. The van der Waals surface area contributed by atoms with E-state index in [1.54, 1.807) is 0 Å². The van der Waals surface area contributed by atoms with Crippen molar-refractivity contribution in [3.8, 4) is 0 Å². The van der Waals surface area contributed by atoms with Crippen LogP contribution in [-0.2, 0) is 32.7 Å². The number of phosphoric ester groups is 1. The predicted molar refractivity (Wildman–Crippen MR) is 298 cm³/mol. The number of carbonyl (C=O) groups excluding carboxylic acids is 2. The molecule has 0 heterocycles. The third kappa shape index (κ3) is 54.3. The highest BCUT2D eigenvalue weighted by Crippen LogP contribution is 2.43. The van der Waals surface area contributed by atoms with E-state index in [0.29, 0.717) is 6.42 Å². The van der Waals surface area contributed by atoms with E-state index in [4.69, 9.17) is 24.3 Å². The van der Waals surface area contributed by atoms with Gasteiger partial charge in [0.2, 0.25) is 0 Å². The summed E-state index contributed by atoms with van der Waals surface area (Å²) >= 11 is 0. The van der Waals surface area contributed by atoms with Gasteiger partial charge in [0.05, 0.1) is 13.2 Å². The summed E-state index contributed by atoms with van der Waals surface area (Å²) in [6.07, 6.45) is 73.2. The van der Waals surface area contributed by atoms with Crippen LogP contribution in [-0.4, -0.2) is 49.3 Å². The molecular formula is C60H104NO8P. The Bertz CT molecular complexity index is 1460. The molecule has 0 aromatic rings. The largest absolute Gasteiger partial charge is 0.472 e. The molecule has 10 heteroatoms. The summed E-state index contributed by atoms with van der Waals surface area (Å²) in [6, 6.07) is 0. The van der Waals surface area contributed by atoms with Crippen LogP contribution in [0, 0.1) is 0 Å². The number of carbonyl (C=O) groups is 2. The molecule has 2 unspecified atom stereocenters. The molecule has 0 aromatic heterocycles. The number of allylic oxidation sites excluding steroid dienone is 16. The van der Waals surface area contributed by atoms with E-state index >= 15 is 0 Å². The van der Waals surface area contributed by atoms with Crippen LogP contribution in [0.3, 0.4) is 0 Å². The van der Waals surface area contributed by atoms with Gasteiger partial charge in [-0.25, -0.2) is 4.57 Å². The lowest BCUT2D eigenvalue weighted by Crippen LogP contribution is -2.29. The second kappa shape index (κ2) is 55.2. The van der Waals surface area contributed by atoms with Crippen molar-refractivity contribution in [3.63, 3.8) is 0 Å². The van der Waals surface area contributed by atoms with Gasteiger partial charge < -0.3 is 20.1 Å². The minimum atomic E-state index is -4.40. The molecule has 3 N–H and O–H groups in total. The number of hydrogen-bond donors (Lipinski definition) is 2. The lowest BCUT2D eigenvalue weighted by Gasteiger charge is -2.19. The smallest absolute Gasteiger partial charge is 0.462 e. The topological polar surface area (TPSA) is 134 Å². The number of unbranched alkanes of at least 4 members (excludes halogenated alkanes) is 23. The molecule has 0 bridgehead atoms. The second-order valence-electron chi connectivity index (χ2n) is 18.4. The number of rotatable bonds is 52. The van der Waals surface area contributed by atoms with Gasteiger partial charge in [0.15, 0.2) is 6.10 Å². The zero-order chi connectivity index (χ0) is 51.0. The number of esters is 2. The molecular weight excluding hydrogens is 894 g/mol. The molecule has 2 atom stereocenters. The Balaban J connectivity index is 4.11. The molecule has 0 fully saturated rings. The molecule has 0 saturated heterocycles. The molecule has 0 spiro atoms. The zero-order valence-electron chi connectivity index (χ0n) is 44.7. The van der Waals surface area contributed by atoms with Gasteiger partial charge in [0, 0.05) is 19.4 Å². The standard InChI is InChI=1S/C60H104NO8P/c1-3-5-7-9-11-13-15-17-19-21-23-25-27-28-29-30-31-33-35-37-39-41-43-45-47-49-51-53-60(63)69-58(57-68-70(64,65)67-55-54-61)56-66-59(62)52-50-48-46-44-42-40-38-36-34-32-26-24-22-20-18-16-14-12-10-8-6-4-2/h5,7,11,13,17,19,23,25,28-29,31,33,37,39,43,45,58H,3-4,6,8-10,12,14-16,18,20-22,24,26-27,30,32,34-36,38,40-42,44,46-57,61H2,1-2H3,(H,64,65)/b7-5-,13-11-,19-17-,25-23-,29-28-,33-31-,39-37-,45-43-. The second-order valence-corrected chi connectivity index (χ2v) is 19.9. The van der Waals surface area contributed by atoms with Gasteiger partial charge in [0.1, 0.15) is 6.61 Å². The average Bonchev–Trinajstić information content (AvgIpc) is 3.35. The fourth-order valence-corrected chi connectivity index (χ4v) is 8.36. The lowest BCUT2D eigenvalue weighted by atomic mass is 10.0. The highest BCUT2D eigenvalue weighted by molar-refractivity contribution is 7.47. The Kier molecular flexibility index (Phi) is 52.8. The summed E-state index contributed by atoms with van der Waals surface area (Å²) in [5.74, 6) is -0.877. The summed E-state index contributed by atoms with van der Waals surface area (Å²) in [5, 5.41) is 0. The van der Waals surface area contributed by atoms with Crippen LogP contribution in [0.2, 0.25) is 0 Å². The van der Waals surface area contributed by atoms with Crippen molar-refractivity contribution in [2.24, 2.45) is 5.73 Å². The summed E-state index contributed by atoms with van der Waals surface area (Å²) < 4.78 is 33.0. The Morgan fingerprint density at radius 1 is 0.443 bits per heavy atom. The molecule has 0 aliphatic carbocycles. The van der Waals surface area contributed by atoms with Gasteiger partial charge in [-0.2, -0.15) is 0 Å². The summed E-state index contributed by atoms with van der Waals surface area (Å²) in [5.41, 5.74) is 5.37. The highest BCUT2D eigenvalue weighted by Gasteiger charge is 2.26. The van der Waals surface area contributed by atoms with Gasteiger partial charge in [-0.1, -0.05) is 246 Å². The minimum Gasteiger partial charge on any atom is -0.462 e. The fourth-order valence-electron chi connectivity index (χ4n) is 7.59. The van der Waals surface area contributed by atoms with Gasteiger partial charge in [0.25, 0.3) is 0 Å². The first-order chi connectivity index (χ1) is 34.3. The Morgan fingerprint density at radius 2 is 0.786 bits per heavy atom. The van der Waals surface area contributed by atoms with E-state index in [1.807, 2.05) is 0 Å². The van der Waals surface area contributed by atoms with Crippen molar-refractivity contribution in [2.75, 3.05) is 26.4 Å². The molecule has 0 aliphatic rings. The molecule has 0 aromatic carbocycles. The Hall–Kier alpha value is -3.07. The average molecular weight is 998 g/mol. The molecule has 0 radical (unpaired) electrons. The Labute approximate surface area is 429 Å². The SMILES string of the molecule is CC/C=C\C/C=C\C/C=C\C/C=C\C/C=C\C/C=C\C/C=C\C/C=C\CCCCC(=O)OC(COC(=O)CCCCCCCCCCCCCCCCCCCCCCCC)COP(=O)(O)OCCN. The van der Waals surface area contributed by atoms with Crippen LogP contribution >= 0.6 is 7.82 Å². The lowest BCUT2D eigenvalue weighted by molar-refractivity contribution is -0.161. The third-order valence-electron chi connectivity index (χ3n) is 11.7. The quantitative estimate of drug-likeness (QED) is 0.0264. The molecule has 0 amide bonds. The van der Waals surface area contributed by atoms with Gasteiger partial charge >= 0.3 is 19.8 Å². The summed E-state index contributed by atoms with van der Waals surface area (Å²) in [4.78, 5) is 35.1. The van der Waals surface area contributed by atoms with E-state index in [2.05, 4.69) is 111 Å². The molecule has 0 aliphatic heterocycles.